The number of morpholine rings is 1. The van der Waals surface area contributed by atoms with Gasteiger partial charge in [-0.25, -0.2) is 4.68 Å². The van der Waals surface area contributed by atoms with E-state index in [1.54, 1.807) is 16.9 Å². The predicted octanol–water partition coefficient (Wildman–Crippen LogP) is 4.30. The van der Waals surface area contributed by atoms with Crippen LogP contribution in [0.2, 0.25) is 0 Å². The number of nitrogens with zero attached hydrogens (tertiary/aromatic N) is 3. The second-order valence-corrected chi connectivity index (χ2v) is 9.33. The molecule has 2 aromatic carbocycles. The number of aromatic nitrogens is 2. The van der Waals surface area contributed by atoms with Crippen LogP contribution in [0.5, 0.6) is 5.75 Å². The fraction of sp³-hybridized carbons (Fsp3) is 0.385. The lowest BCUT2D eigenvalue weighted by atomic mass is 9.87. The lowest BCUT2D eigenvalue weighted by Gasteiger charge is -2.26. The molecule has 0 saturated carbocycles. The molecule has 33 heavy (non-hydrogen) atoms. The standard InChI is InChI=1S/C26H32N4O3/c1-26(2,3)21-7-9-23(10-8-21)33-19-30-12-11-24(28-30)25(31)27-22-6-4-5-20(17-22)18-29-13-15-32-16-14-29/h4-12,17H,13-16,18-19H2,1-3H3,(H,27,31). The number of carbonyl (C=O) groups is 1. The number of benzene rings is 2. The lowest BCUT2D eigenvalue weighted by molar-refractivity contribution is 0.0342. The molecule has 174 valence electrons. The zero-order valence-corrected chi connectivity index (χ0v) is 19.6. The van der Waals surface area contributed by atoms with Crippen LogP contribution in [-0.2, 0) is 23.4 Å². The third-order valence-corrected chi connectivity index (χ3v) is 5.65. The number of anilines is 1. The Morgan fingerprint density at radius 1 is 1.09 bits per heavy atom. The van der Waals surface area contributed by atoms with Gasteiger partial charge in [-0.05, 0) is 46.9 Å². The van der Waals surface area contributed by atoms with Gasteiger partial charge in [0.05, 0.1) is 13.2 Å². The third-order valence-electron chi connectivity index (χ3n) is 5.65. The minimum absolute atomic E-state index is 0.102. The zero-order chi connectivity index (χ0) is 23.3. The van der Waals surface area contributed by atoms with E-state index in [-0.39, 0.29) is 18.1 Å². The summed E-state index contributed by atoms with van der Waals surface area (Å²) in [6.07, 6.45) is 1.74. The summed E-state index contributed by atoms with van der Waals surface area (Å²) < 4.78 is 12.8. The smallest absolute Gasteiger partial charge is 0.276 e. The Morgan fingerprint density at radius 3 is 2.58 bits per heavy atom. The number of carbonyl (C=O) groups excluding carboxylic acids is 1. The molecule has 1 aliphatic heterocycles. The maximum atomic E-state index is 12.7. The summed E-state index contributed by atoms with van der Waals surface area (Å²) in [4.78, 5) is 15.0. The van der Waals surface area contributed by atoms with Gasteiger partial charge in [0.1, 0.15) is 5.75 Å². The van der Waals surface area contributed by atoms with E-state index in [2.05, 4.69) is 54.3 Å². The molecule has 1 aliphatic rings. The number of hydrogen-bond donors (Lipinski definition) is 1. The molecule has 1 amide bonds. The minimum Gasteiger partial charge on any atom is -0.471 e. The molecule has 7 nitrogen and oxygen atoms in total. The second-order valence-electron chi connectivity index (χ2n) is 9.33. The Morgan fingerprint density at radius 2 is 1.85 bits per heavy atom. The van der Waals surface area contributed by atoms with Gasteiger partial charge in [0.25, 0.3) is 5.91 Å². The lowest BCUT2D eigenvalue weighted by Crippen LogP contribution is -2.35. The highest BCUT2D eigenvalue weighted by Crippen LogP contribution is 2.24. The monoisotopic (exact) mass is 448 g/mol. The molecule has 3 aromatic rings. The molecule has 0 unspecified atom stereocenters. The van der Waals surface area contributed by atoms with Crippen molar-refractivity contribution < 1.29 is 14.3 Å². The normalized spacial score (nSPS) is 14.8. The van der Waals surface area contributed by atoms with Gasteiger partial charge >= 0.3 is 0 Å². The Hall–Kier alpha value is -3.16. The van der Waals surface area contributed by atoms with Gasteiger partial charge in [-0.3, -0.25) is 9.69 Å². The van der Waals surface area contributed by atoms with E-state index >= 15 is 0 Å². The molecule has 2 heterocycles. The molecule has 1 saturated heterocycles. The largest absolute Gasteiger partial charge is 0.471 e. The summed E-state index contributed by atoms with van der Waals surface area (Å²) >= 11 is 0. The van der Waals surface area contributed by atoms with E-state index in [1.807, 2.05) is 30.3 Å². The maximum Gasteiger partial charge on any atom is 0.276 e. The molecule has 0 aliphatic carbocycles. The molecule has 0 spiro atoms. The van der Waals surface area contributed by atoms with Crippen LogP contribution < -0.4 is 10.1 Å². The summed E-state index contributed by atoms with van der Waals surface area (Å²) in [6, 6.07) is 17.7. The summed E-state index contributed by atoms with van der Waals surface area (Å²) in [7, 11) is 0. The fourth-order valence-corrected chi connectivity index (χ4v) is 3.71. The first-order valence-corrected chi connectivity index (χ1v) is 11.3. The Bertz CT molecular complexity index is 1060. The van der Waals surface area contributed by atoms with Crippen LogP contribution in [0, 0.1) is 0 Å². The Labute approximate surface area is 195 Å². The quantitative estimate of drug-likeness (QED) is 0.584. The van der Waals surface area contributed by atoms with Crippen molar-refractivity contribution in [1.29, 1.82) is 0 Å². The van der Waals surface area contributed by atoms with Crippen molar-refractivity contribution in [3.8, 4) is 5.75 Å². The van der Waals surface area contributed by atoms with Crippen LogP contribution in [0.3, 0.4) is 0 Å². The highest BCUT2D eigenvalue weighted by Gasteiger charge is 2.14. The van der Waals surface area contributed by atoms with Crippen LogP contribution in [-0.4, -0.2) is 46.9 Å². The molecule has 1 fully saturated rings. The van der Waals surface area contributed by atoms with Gasteiger partial charge in [0.2, 0.25) is 0 Å². The van der Waals surface area contributed by atoms with Crippen molar-refractivity contribution in [3.05, 3.63) is 77.6 Å². The van der Waals surface area contributed by atoms with Gasteiger partial charge in [0.15, 0.2) is 12.4 Å². The number of nitrogens with one attached hydrogen (secondary N) is 1. The molecule has 1 aromatic heterocycles. The van der Waals surface area contributed by atoms with Crippen LogP contribution in [0.1, 0.15) is 42.4 Å². The van der Waals surface area contributed by atoms with E-state index in [4.69, 9.17) is 9.47 Å². The average Bonchev–Trinajstić information content (AvgIpc) is 3.28. The molecule has 0 atom stereocenters. The molecule has 1 N–H and O–H groups in total. The van der Waals surface area contributed by atoms with Gasteiger partial charge in [-0.15, -0.1) is 0 Å². The van der Waals surface area contributed by atoms with E-state index in [1.165, 1.54) is 5.56 Å². The van der Waals surface area contributed by atoms with E-state index in [0.29, 0.717) is 5.69 Å². The van der Waals surface area contributed by atoms with E-state index in [0.717, 1.165) is 49.8 Å². The summed E-state index contributed by atoms with van der Waals surface area (Å²) in [5.41, 5.74) is 3.62. The fourth-order valence-electron chi connectivity index (χ4n) is 3.71. The van der Waals surface area contributed by atoms with Crippen molar-refractivity contribution in [2.75, 3.05) is 31.6 Å². The van der Waals surface area contributed by atoms with Crippen LogP contribution >= 0.6 is 0 Å². The maximum absolute atomic E-state index is 12.7. The number of amides is 1. The molecule has 4 rings (SSSR count). The van der Waals surface area contributed by atoms with Gasteiger partial charge < -0.3 is 14.8 Å². The first kappa shape index (κ1) is 23.0. The van der Waals surface area contributed by atoms with Crippen molar-refractivity contribution in [3.63, 3.8) is 0 Å². The van der Waals surface area contributed by atoms with Crippen LogP contribution in [0.4, 0.5) is 5.69 Å². The van der Waals surface area contributed by atoms with Crippen molar-refractivity contribution in [1.82, 2.24) is 14.7 Å². The molecule has 7 heteroatoms. The average molecular weight is 449 g/mol. The molecule has 0 bridgehead atoms. The number of rotatable bonds is 7. The van der Waals surface area contributed by atoms with Crippen molar-refractivity contribution in [2.45, 2.75) is 39.5 Å². The first-order valence-electron chi connectivity index (χ1n) is 11.3. The van der Waals surface area contributed by atoms with Gasteiger partial charge in [0, 0.05) is 31.5 Å². The topological polar surface area (TPSA) is 68.6 Å². The van der Waals surface area contributed by atoms with Crippen LogP contribution in [0.25, 0.3) is 0 Å². The van der Waals surface area contributed by atoms with E-state index < -0.39 is 0 Å². The molecule has 0 radical (unpaired) electrons. The first-order chi connectivity index (χ1) is 15.9. The highest BCUT2D eigenvalue weighted by molar-refractivity contribution is 6.02. The Kier molecular flexibility index (Phi) is 7.11. The zero-order valence-electron chi connectivity index (χ0n) is 19.6. The third kappa shape index (κ3) is 6.43. The number of hydrogen-bond acceptors (Lipinski definition) is 5. The van der Waals surface area contributed by atoms with Gasteiger partial charge in [-0.2, -0.15) is 5.10 Å². The number of ether oxygens (including phenoxy) is 2. The molecular formula is C26H32N4O3. The summed E-state index contributed by atoms with van der Waals surface area (Å²) in [5.74, 6) is 0.522. The second kappa shape index (κ2) is 10.2. The summed E-state index contributed by atoms with van der Waals surface area (Å²) in [5, 5.41) is 7.30. The summed E-state index contributed by atoms with van der Waals surface area (Å²) in [6.45, 7) is 11.0. The highest BCUT2D eigenvalue weighted by atomic mass is 16.5. The van der Waals surface area contributed by atoms with Crippen LogP contribution in [0.15, 0.2) is 60.8 Å². The van der Waals surface area contributed by atoms with Gasteiger partial charge in [-0.1, -0.05) is 45.0 Å². The predicted molar refractivity (Wildman–Crippen MR) is 128 cm³/mol. The van der Waals surface area contributed by atoms with Crippen molar-refractivity contribution >= 4 is 11.6 Å². The van der Waals surface area contributed by atoms with Crippen molar-refractivity contribution in [2.24, 2.45) is 0 Å². The Balaban J connectivity index is 1.31. The van der Waals surface area contributed by atoms with E-state index in [9.17, 15) is 4.79 Å². The molecular weight excluding hydrogens is 416 g/mol. The SMILES string of the molecule is CC(C)(C)c1ccc(OCn2ccc(C(=O)Nc3cccc(CN4CCOCC4)c3)n2)cc1. The minimum atomic E-state index is -0.244.